The summed E-state index contributed by atoms with van der Waals surface area (Å²) in [6.07, 6.45) is 40.8. The van der Waals surface area contributed by atoms with Crippen LogP contribution in [0, 0.1) is 29.6 Å². The van der Waals surface area contributed by atoms with Crippen LogP contribution in [-0.2, 0) is 16.0 Å². The minimum atomic E-state index is -0.588. The van der Waals surface area contributed by atoms with Crippen molar-refractivity contribution in [2.45, 2.75) is 204 Å². The van der Waals surface area contributed by atoms with E-state index in [4.69, 9.17) is 5.73 Å². The molecule has 1 aromatic heterocycles. The number of amides is 3. The molecule has 1 aromatic carbocycles. The van der Waals surface area contributed by atoms with Gasteiger partial charge in [0.15, 0.2) is 5.78 Å². The van der Waals surface area contributed by atoms with E-state index in [1.165, 1.54) is 122 Å². The van der Waals surface area contributed by atoms with Crippen LogP contribution < -0.4 is 21.7 Å². The highest BCUT2D eigenvalue weighted by Gasteiger charge is 2.36. The van der Waals surface area contributed by atoms with Crippen molar-refractivity contribution in [3.63, 3.8) is 0 Å². The Morgan fingerprint density at radius 2 is 1.40 bits per heavy atom. The lowest BCUT2D eigenvalue weighted by Gasteiger charge is -2.38. The van der Waals surface area contributed by atoms with Crippen LogP contribution in [0.5, 0.6) is 0 Å². The summed E-state index contributed by atoms with van der Waals surface area (Å²) in [6, 6.07) is 6.97. The summed E-state index contributed by atoms with van der Waals surface area (Å²) >= 11 is 0. The molecule has 4 aliphatic carbocycles. The number of aromatic amines is 1. The largest absolute Gasteiger partial charge is 0.361 e. The van der Waals surface area contributed by atoms with Crippen LogP contribution in [0.4, 0.5) is 4.79 Å². The molecule has 0 aliphatic heterocycles. The number of nitrogens with one attached hydrogen (secondary N) is 4. The molecule has 6 N–H and O–H groups in total. The van der Waals surface area contributed by atoms with Crippen LogP contribution in [0.15, 0.2) is 48.3 Å². The zero-order valence-corrected chi connectivity index (χ0v) is 37.2. The van der Waals surface area contributed by atoms with Crippen LogP contribution in [0.1, 0.15) is 185 Å². The van der Waals surface area contributed by atoms with Gasteiger partial charge in [-0.25, -0.2) is 4.79 Å². The SMILES string of the molecule is NC(=O)NCCC[C@@H](NC(=O)[C@@H](Cc1c[nH]c2ccccc12)NC1CCC(C2CCCCCCCCCCC2)CC1)C(=O)CC1CC(CC2CC=C=CCCCCCC2)C1. The minimum Gasteiger partial charge on any atom is -0.361 e. The Morgan fingerprint density at radius 1 is 0.733 bits per heavy atom. The van der Waals surface area contributed by atoms with Gasteiger partial charge in [-0.1, -0.05) is 115 Å². The Balaban J connectivity index is 1.07. The Bertz CT molecular complexity index is 1640. The minimum absolute atomic E-state index is 0.0941. The third kappa shape index (κ3) is 15.5. The molecule has 60 heavy (non-hydrogen) atoms. The first-order valence-electron chi connectivity index (χ1n) is 25.0. The molecule has 3 amide bonds. The molecule has 6 rings (SSSR count). The van der Waals surface area contributed by atoms with E-state index >= 15 is 0 Å². The predicted octanol–water partition coefficient (Wildman–Crippen LogP) is 11.5. The van der Waals surface area contributed by atoms with E-state index in [1.807, 2.05) is 12.3 Å². The standard InChI is InChI=1S/C52H81N5O3/c53-52(60)54-32-20-27-48(50(58)36-41-34-40(35-41)33-39-21-14-10-6-4-5-7-11-15-22-39)57-51(59)49(37-44-38-55-47-26-19-18-25-46(44)47)56-45-30-28-43(29-31-45)42-23-16-12-8-2-1-3-9-13-17-24-42/h6,14,18-19,25-26,38-43,45,48-49,55-56H,1-5,7-9,11-13,15-17,20-24,27-37H2,(H,57,59)(H3,53,54,60)/t10?,39?,40?,41?,43?,45?,48-,49-/m1/s1. The summed E-state index contributed by atoms with van der Waals surface area (Å²) < 4.78 is 0. The zero-order valence-electron chi connectivity index (χ0n) is 37.2. The number of aromatic nitrogens is 1. The van der Waals surface area contributed by atoms with Crippen LogP contribution in [0.25, 0.3) is 10.9 Å². The number of H-pyrrole nitrogens is 1. The summed E-state index contributed by atoms with van der Waals surface area (Å²) in [5.74, 6) is 3.42. The Kier molecular flexibility index (Phi) is 19.7. The van der Waals surface area contributed by atoms with E-state index in [2.05, 4.69) is 57.0 Å². The zero-order chi connectivity index (χ0) is 41.8. The van der Waals surface area contributed by atoms with Crippen LogP contribution in [-0.4, -0.2) is 47.4 Å². The number of hydrogen-bond acceptors (Lipinski definition) is 4. The van der Waals surface area contributed by atoms with Crippen molar-refractivity contribution in [1.82, 2.24) is 20.9 Å². The van der Waals surface area contributed by atoms with Gasteiger partial charge in [-0.15, -0.1) is 5.73 Å². The number of Topliss-reactive ketones (excluding diaryl/α,β-unsaturated/α-hetero) is 1. The van der Waals surface area contributed by atoms with E-state index in [0.717, 1.165) is 66.8 Å². The van der Waals surface area contributed by atoms with E-state index < -0.39 is 18.1 Å². The lowest BCUT2D eigenvalue weighted by Crippen LogP contribution is -2.54. The van der Waals surface area contributed by atoms with Gasteiger partial charge < -0.3 is 26.7 Å². The fourth-order valence-electron chi connectivity index (χ4n) is 11.5. The van der Waals surface area contributed by atoms with Crippen molar-refractivity contribution in [2.75, 3.05) is 6.54 Å². The number of primary amides is 1. The number of nitrogens with two attached hydrogens (primary N) is 1. The molecule has 332 valence electrons. The highest BCUT2D eigenvalue weighted by Crippen LogP contribution is 2.42. The molecule has 2 aromatic rings. The average Bonchev–Trinajstić information content (AvgIpc) is 3.61. The van der Waals surface area contributed by atoms with Gasteiger partial charge >= 0.3 is 6.03 Å². The number of para-hydroxylation sites is 1. The maximum atomic E-state index is 14.6. The molecule has 1 heterocycles. The van der Waals surface area contributed by atoms with Crippen molar-refractivity contribution in [3.8, 4) is 0 Å². The summed E-state index contributed by atoms with van der Waals surface area (Å²) in [7, 11) is 0. The molecule has 0 bridgehead atoms. The number of rotatable bonds is 16. The second-order valence-corrected chi connectivity index (χ2v) is 19.7. The van der Waals surface area contributed by atoms with Crippen molar-refractivity contribution in [1.29, 1.82) is 0 Å². The van der Waals surface area contributed by atoms with Crippen LogP contribution >= 0.6 is 0 Å². The summed E-state index contributed by atoms with van der Waals surface area (Å²) in [4.78, 5) is 43.6. The first kappa shape index (κ1) is 46.2. The van der Waals surface area contributed by atoms with Crippen molar-refractivity contribution >= 4 is 28.6 Å². The van der Waals surface area contributed by atoms with Crippen molar-refractivity contribution in [3.05, 3.63) is 53.9 Å². The quantitative estimate of drug-likeness (QED) is 0.0852. The molecule has 0 radical (unpaired) electrons. The molecule has 3 fully saturated rings. The molecule has 8 nitrogen and oxygen atoms in total. The van der Waals surface area contributed by atoms with E-state index in [-0.39, 0.29) is 17.7 Å². The Hall–Kier alpha value is -3.35. The van der Waals surface area contributed by atoms with Gasteiger partial charge in [-0.2, -0.15) is 0 Å². The van der Waals surface area contributed by atoms with E-state index in [9.17, 15) is 14.4 Å². The number of carbonyl (C=O) groups excluding carboxylic acids is 3. The Labute approximate surface area is 362 Å². The van der Waals surface area contributed by atoms with Gasteiger partial charge in [-0.05, 0) is 137 Å². The molecular formula is C52H81N5O3. The third-order valence-corrected chi connectivity index (χ3v) is 15.0. The topological polar surface area (TPSA) is 129 Å². The van der Waals surface area contributed by atoms with Gasteiger partial charge in [0.05, 0.1) is 12.1 Å². The van der Waals surface area contributed by atoms with Crippen molar-refractivity contribution < 1.29 is 14.4 Å². The maximum absolute atomic E-state index is 14.6. The predicted molar refractivity (Wildman–Crippen MR) is 247 cm³/mol. The summed E-state index contributed by atoms with van der Waals surface area (Å²) in [5.41, 5.74) is 11.0. The second-order valence-electron chi connectivity index (χ2n) is 19.7. The number of carbonyl (C=O) groups is 3. The van der Waals surface area contributed by atoms with Gasteiger partial charge in [0.25, 0.3) is 0 Å². The second kappa shape index (κ2) is 25.6. The highest BCUT2D eigenvalue weighted by molar-refractivity contribution is 5.92. The molecule has 1 unspecified atom stereocenters. The summed E-state index contributed by atoms with van der Waals surface area (Å²) in [5, 5.41) is 11.0. The summed E-state index contributed by atoms with van der Waals surface area (Å²) in [6.45, 7) is 0.382. The molecule has 3 saturated carbocycles. The molecule has 4 aliphatic rings. The fourth-order valence-corrected chi connectivity index (χ4v) is 11.5. The van der Waals surface area contributed by atoms with Gasteiger partial charge in [0.2, 0.25) is 5.91 Å². The van der Waals surface area contributed by atoms with Crippen LogP contribution in [0.3, 0.4) is 0 Å². The van der Waals surface area contributed by atoms with E-state index in [0.29, 0.717) is 50.0 Å². The van der Waals surface area contributed by atoms with Gasteiger partial charge in [0, 0.05) is 36.1 Å². The molecular weight excluding hydrogens is 743 g/mol. The van der Waals surface area contributed by atoms with Gasteiger partial charge in [0.1, 0.15) is 0 Å². The van der Waals surface area contributed by atoms with Crippen molar-refractivity contribution in [2.24, 2.45) is 35.3 Å². The smallest absolute Gasteiger partial charge is 0.312 e. The average molecular weight is 824 g/mol. The van der Waals surface area contributed by atoms with Crippen LogP contribution in [0.2, 0.25) is 0 Å². The number of urea groups is 1. The molecule has 0 spiro atoms. The molecule has 3 atom stereocenters. The lowest BCUT2D eigenvalue weighted by molar-refractivity contribution is -0.130. The molecule has 0 saturated heterocycles. The number of benzene rings is 1. The fraction of sp³-hybridized carbons (Fsp3) is 0.731. The number of fused-ring (bicyclic) bond motifs is 1. The first-order valence-corrected chi connectivity index (χ1v) is 25.0. The molecule has 8 heteroatoms. The lowest BCUT2D eigenvalue weighted by atomic mass is 9.68. The monoisotopic (exact) mass is 824 g/mol. The van der Waals surface area contributed by atoms with Gasteiger partial charge in [-0.3, -0.25) is 9.59 Å². The Morgan fingerprint density at radius 3 is 2.13 bits per heavy atom. The van der Waals surface area contributed by atoms with E-state index in [1.54, 1.807) is 0 Å². The normalized spacial score (nSPS) is 26.4. The first-order chi connectivity index (χ1) is 29.4. The number of allylic oxidation sites excluding steroid dienone is 1. The number of hydrogen-bond donors (Lipinski definition) is 5. The maximum Gasteiger partial charge on any atom is 0.312 e. The number of ketones is 1. The highest BCUT2D eigenvalue weighted by atomic mass is 16.2. The third-order valence-electron chi connectivity index (χ3n) is 15.0.